The molecule has 0 aromatic heterocycles. The predicted molar refractivity (Wildman–Crippen MR) is 147 cm³/mol. The lowest BCUT2D eigenvalue weighted by molar-refractivity contribution is -0.121. The highest BCUT2D eigenvalue weighted by Gasteiger charge is 2.39. The van der Waals surface area contributed by atoms with E-state index in [0.29, 0.717) is 27.3 Å². The maximum Gasteiger partial charge on any atom is 0.262 e. The first-order valence-electron chi connectivity index (χ1n) is 11.4. The maximum atomic E-state index is 12.8. The van der Waals surface area contributed by atoms with Crippen LogP contribution in [0.4, 0.5) is 5.69 Å². The number of nitrogens with one attached hydrogen (secondary N) is 1. The Morgan fingerprint density at radius 2 is 1.81 bits per heavy atom. The van der Waals surface area contributed by atoms with E-state index in [1.54, 1.807) is 29.3 Å². The Bertz CT molecular complexity index is 1370. The first kappa shape index (κ1) is 24.6. The molecule has 0 fully saturated rings. The topological polar surface area (TPSA) is 74.1 Å². The molecule has 3 aromatic rings. The molecule has 9 heteroatoms. The third-order valence-corrected chi connectivity index (χ3v) is 7.58. The van der Waals surface area contributed by atoms with Gasteiger partial charge in [0, 0.05) is 28.6 Å². The number of carbonyl (C=O) groups is 2. The number of aliphatic imine (C=N–C) groups is 1. The van der Waals surface area contributed by atoms with Crippen molar-refractivity contribution in [1.82, 2.24) is 5.01 Å². The van der Waals surface area contributed by atoms with Crippen LogP contribution in [0, 0.1) is 6.92 Å². The van der Waals surface area contributed by atoms with E-state index in [-0.39, 0.29) is 24.3 Å². The van der Waals surface area contributed by atoms with E-state index in [9.17, 15) is 9.59 Å². The first-order valence-corrected chi connectivity index (χ1v) is 13.0. The third-order valence-electron chi connectivity index (χ3n) is 5.95. The molecule has 3 aromatic carbocycles. The zero-order valence-electron chi connectivity index (χ0n) is 19.3. The summed E-state index contributed by atoms with van der Waals surface area (Å²) in [5.74, 6) is -0.621. The summed E-state index contributed by atoms with van der Waals surface area (Å²) >= 11 is 13.4. The summed E-state index contributed by atoms with van der Waals surface area (Å²) in [6, 6.07) is 22.6. The summed E-state index contributed by atoms with van der Waals surface area (Å²) in [4.78, 5) is 29.7. The number of aryl methyl sites for hydroxylation is 1. The quantitative estimate of drug-likeness (QED) is 0.404. The van der Waals surface area contributed by atoms with Crippen LogP contribution >= 0.6 is 35.0 Å². The normalized spacial score (nSPS) is 19.3. The summed E-state index contributed by atoms with van der Waals surface area (Å²) in [5.41, 5.74) is 4.70. The van der Waals surface area contributed by atoms with Gasteiger partial charge in [-0.25, -0.2) is 5.01 Å². The molecule has 0 radical (unpaired) electrons. The molecule has 1 N–H and O–H groups in total. The molecule has 0 bridgehead atoms. The molecule has 5 rings (SSSR count). The van der Waals surface area contributed by atoms with Crippen LogP contribution in [0.2, 0.25) is 10.0 Å². The van der Waals surface area contributed by atoms with E-state index in [0.717, 1.165) is 16.8 Å². The first-order chi connectivity index (χ1) is 17.4. The number of anilines is 1. The van der Waals surface area contributed by atoms with Crippen molar-refractivity contribution in [3.05, 3.63) is 99.5 Å². The molecule has 2 amide bonds. The molecule has 2 aliphatic rings. The van der Waals surface area contributed by atoms with Gasteiger partial charge >= 0.3 is 0 Å². The van der Waals surface area contributed by atoms with Crippen LogP contribution in [0.25, 0.3) is 0 Å². The number of amidine groups is 1. The lowest BCUT2D eigenvalue weighted by Crippen LogP contribution is -2.25. The third kappa shape index (κ3) is 5.48. The standard InChI is InChI=1S/C27H22Cl2N4O2S/c1-16-5-7-17(8-6-16)22-14-23(18-9-11-19(28)12-10-18)33(32-22)27-31-26(35)24(36-27)15-25(34)30-21-4-2-3-20(29)13-21/h2-13,23-24H,14-15H2,1H3,(H,30,34)/t23-,24+/m0/s1. The van der Waals surface area contributed by atoms with Crippen molar-refractivity contribution in [2.75, 3.05) is 5.32 Å². The van der Waals surface area contributed by atoms with Crippen LogP contribution in [0.5, 0.6) is 0 Å². The number of thioether (sulfide) groups is 1. The smallest absolute Gasteiger partial charge is 0.262 e. The number of nitrogens with zero attached hydrogens (tertiary/aromatic N) is 3. The van der Waals surface area contributed by atoms with Gasteiger partial charge in [-0.05, 0) is 48.4 Å². The number of benzene rings is 3. The van der Waals surface area contributed by atoms with Gasteiger partial charge in [0.25, 0.3) is 5.91 Å². The number of hydrogen-bond acceptors (Lipinski definition) is 5. The molecule has 2 heterocycles. The number of carbonyl (C=O) groups excluding carboxylic acids is 2. The summed E-state index contributed by atoms with van der Waals surface area (Å²) in [6.07, 6.45) is 0.648. The summed E-state index contributed by atoms with van der Waals surface area (Å²) in [6.45, 7) is 2.04. The number of hydrogen-bond donors (Lipinski definition) is 1. The zero-order valence-corrected chi connectivity index (χ0v) is 21.6. The van der Waals surface area contributed by atoms with E-state index < -0.39 is 5.25 Å². The van der Waals surface area contributed by atoms with Crippen molar-refractivity contribution in [2.45, 2.75) is 31.1 Å². The molecule has 0 unspecified atom stereocenters. The number of hydrazone groups is 1. The highest BCUT2D eigenvalue weighted by atomic mass is 35.5. The molecule has 0 aliphatic carbocycles. The van der Waals surface area contributed by atoms with Crippen LogP contribution < -0.4 is 5.32 Å². The summed E-state index contributed by atoms with van der Waals surface area (Å²) < 4.78 is 0. The molecule has 36 heavy (non-hydrogen) atoms. The average Bonchev–Trinajstić information content (AvgIpc) is 3.44. The van der Waals surface area contributed by atoms with E-state index in [1.807, 2.05) is 43.3 Å². The highest BCUT2D eigenvalue weighted by molar-refractivity contribution is 8.15. The monoisotopic (exact) mass is 536 g/mol. The van der Waals surface area contributed by atoms with Crippen LogP contribution in [0.15, 0.2) is 82.9 Å². The molecular weight excluding hydrogens is 515 g/mol. The fourth-order valence-corrected chi connectivity index (χ4v) is 5.48. The Labute approximate surface area is 223 Å². The SMILES string of the molecule is Cc1ccc(C2=NN(C3=NC(=O)[C@@H](CC(=O)Nc4cccc(Cl)c4)S3)[C@H](c3ccc(Cl)cc3)C2)cc1. The second kappa shape index (κ2) is 10.5. The van der Waals surface area contributed by atoms with Gasteiger partial charge < -0.3 is 5.32 Å². The average molecular weight is 537 g/mol. The van der Waals surface area contributed by atoms with Gasteiger partial charge in [0.15, 0.2) is 5.17 Å². The number of rotatable bonds is 5. The summed E-state index contributed by atoms with van der Waals surface area (Å²) in [7, 11) is 0. The van der Waals surface area contributed by atoms with Gasteiger partial charge in [0.05, 0.1) is 11.8 Å². The maximum absolute atomic E-state index is 12.8. The van der Waals surface area contributed by atoms with Gasteiger partial charge in [-0.3, -0.25) is 9.59 Å². The zero-order chi connectivity index (χ0) is 25.2. The molecule has 0 saturated heterocycles. The van der Waals surface area contributed by atoms with Crippen LogP contribution in [-0.2, 0) is 9.59 Å². The van der Waals surface area contributed by atoms with Crippen molar-refractivity contribution in [3.8, 4) is 0 Å². The van der Waals surface area contributed by atoms with E-state index in [4.69, 9.17) is 28.3 Å². The van der Waals surface area contributed by atoms with Gasteiger partial charge in [0.1, 0.15) is 5.25 Å². The largest absolute Gasteiger partial charge is 0.326 e. The summed E-state index contributed by atoms with van der Waals surface area (Å²) in [5, 5.41) is 10.5. The molecule has 2 aliphatic heterocycles. The van der Waals surface area contributed by atoms with E-state index >= 15 is 0 Å². The lowest BCUT2D eigenvalue weighted by Gasteiger charge is -2.23. The molecule has 0 saturated carbocycles. The van der Waals surface area contributed by atoms with Gasteiger partial charge in [0.2, 0.25) is 5.91 Å². The predicted octanol–water partition coefficient (Wildman–Crippen LogP) is 6.48. The van der Waals surface area contributed by atoms with E-state index in [2.05, 4.69) is 22.4 Å². The minimum atomic E-state index is -0.622. The van der Waals surface area contributed by atoms with Crippen molar-refractivity contribution < 1.29 is 9.59 Å². The Balaban J connectivity index is 1.35. The molecule has 0 spiro atoms. The molecule has 182 valence electrons. The van der Waals surface area contributed by atoms with Gasteiger partial charge in [-0.1, -0.05) is 83.0 Å². The van der Waals surface area contributed by atoms with Gasteiger partial charge in [-0.2, -0.15) is 10.1 Å². The van der Waals surface area contributed by atoms with Gasteiger partial charge in [-0.15, -0.1) is 0 Å². The lowest BCUT2D eigenvalue weighted by atomic mass is 9.98. The molecule has 2 atom stereocenters. The minimum absolute atomic E-state index is 0.00298. The Kier molecular flexibility index (Phi) is 7.14. The fraction of sp³-hybridized carbons (Fsp3) is 0.185. The Morgan fingerprint density at radius 1 is 1.06 bits per heavy atom. The minimum Gasteiger partial charge on any atom is -0.326 e. The highest BCUT2D eigenvalue weighted by Crippen LogP contribution is 2.39. The van der Waals surface area contributed by atoms with Crippen LogP contribution in [0.3, 0.4) is 0 Å². The number of amides is 2. The van der Waals surface area contributed by atoms with Crippen LogP contribution in [-0.4, -0.2) is 33.0 Å². The second-order valence-corrected chi connectivity index (χ2v) is 10.7. The van der Waals surface area contributed by atoms with E-state index in [1.165, 1.54) is 17.3 Å². The van der Waals surface area contributed by atoms with Crippen molar-refractivity contribution in [1.29, 1.82) is 0 Å². The Morgan fingerprint density at radius 3 is 2.53 bits per heavy atom. The second-order valence-electron chi connectivity index (χ2n) is 8.63. The molecular formula is C27H22Cl2N4O2S. The Hall–Kier alpha value is -3.13. The molecule has 6 nitrogen and oxygen atoms in total. The number of halogens is 2. The van der Waals surface area contributed by atoms with Crippen molar-refractivity contribution in [3.63, 3.8) is 0 Å². The fourth-order valence-electron chi connectivity index (χ4n) is 4.10. The van der Waals surface area contributed by atoms with Crippen molar-refractivity contribution >= 4 is 63.3 Å². The van der Waals surface area contributed by atoms with Crippen LogP contribution in [0.1, 0.15) is 35.6 Å². The van der Waals surface area contributed by atoms with Crippen molar-refractivity contribution in [2.24, 2.45) is 10.1 Å².